The summed E-state index contributed by atoms with van der Waals surface area (Å²) in [5.74, 6) is 0.952. The van der Waals surface area contributed by atoms with Crippen molar-refractivity contribution < 1.29 is 9.59 Å². The fourth-order valence-corrected chi connectivity index (χ4v) is 3.44. The van der Waals surface area contributed by atoms with Crippen LogP contribution in [0.25, 0.3) is 0 Å². The summed E-state index contributed by atoms with van der Waals surface area (Å²) in [4.78, 5) is 32.7. The zero-order chi connectivity index (χ0) is 21.3. The molecular formula is C21H32ClIN6O2. The number of halogens is 2. The molecule has 10 heteroatoms. The highest BCUT2D eigenvalue weighted by atomic mass is 127. The SMILES string of the molecule is CCNC(=NCC(=O)N1CCN(c2ccc(Cl)cc2)CC1)NCCNC(=O)C1CC1.I. The lowest BCUT2D eigenvalue weighted by atomic mass is 10.2. The normalized spacial score (nSPS) is 16.4. The van der Waals surface area contributed by atoms with Crippen molar-refractivity contribution in [2.75, 3.05) is 57.3 Å². The van der Waals surface area contributed by atoms with E-state index in [9.17, 15) is 9.59 Å². The molecule has 172 valence electrons. The molecule has 3 rings (SSSR count). The van der Waals surface area contributed by atoms with E-state index in [4.69, 9.17) is 11.6 Å². The van der Waals surface area contributed by atoms with E-state index in [-0.39, 0.29) is 48.3 Å². The van der Waals surface area contributed by atoms with Crippen molar-refractivity contribution >= 4 is 59.0 Å². The van der Waals surface area contributed by atoms with Crippen LogP contribution in [0.5, 0.6) is 0 Å². The summed E-state index contributed by atoms with van der Waals surface area (Å²) in [7, 11) is 0. The summed E-state index contributed by atoms with van der Waals surface area (Å²) < 4.78 is 0. The van der Waals surface area contributed by atoms with Gasteiger partial charge < -0.3 is 25.8 Å². The molecule has 2 fully saturated rings. The van der Waals surface area contributed by atoms with Gasteiger partial charge in [0, 0.05) is 62.4 Å². The molecule has 0 bridgehead atoms. The van der Waals surface area contributed by atoms with Crippen LogP contribution >= 0.6 is 35.6 Å². The molecule has 1 heterocycles. The molecule has 0 unspecified atom stereocenters. The monoisotopic (exact) mass is 562 g/mol. The fraction of sp³-hybridized carbons (Fsp3) is 0.571. The maximum absolute atomic E-state index is 12.6. The van der Waals surface area contributed by atoms with E-state index < -0.39 is 0 Å². The summed E-state index contributed by atoms with van der Waals surface area (Å²) in [6.45, 7) is 6.82. The minimum absolute atomic E-state index is 0. The molecule has 8 nitrogen and oxygen atoms in total. The van der Waals surface area contributed by atoms with Crippen LogP contribution in [0.15, 0.2) is 29.3 Å². The van der Waals surface area contributed by atoms with Gasteiger partial charge >= 0.3 is 0 Å². The zero-order valence-electron chi connectivity index (χ0n) is 17.9. The fourth-order valence-electron chi connectivity index (χ4n) is 3.31. The summed E-state index contributed by atoms with van der Waals surface area (Å²) >= 11 is 5.95. The molecule has 1 aromatic carbocycles. The van der Waals surface area contributed by atoms with Crippen LogP contribution < -0.4 is 20.9 Å². The van der Waals surface area contributed by atoms with Crippen molar-refractivity contribution in [1.29, 1.82) is 0 Å². The highest BCUT2D eigenvalue weighted by Gasteiger charge is 2.29. The zero-order valence-corrected chi connectivity index (χ0v) is 21.0. The number of guanidine groups is 1. The number of nitrogens with zero attached hydrogens (tertiary/aromatic N) is 3. The van der Waals surface area contributed by atoms with Crippen LogP contribution in [-0.4, -0.2) is 75.0 Å². The molecular weight excluding hydrogens is 531 g/mol. The van der Waals surface area contributed by atoms with E-state index in [1.165, 1.54) is 0 Å². The first-order valence-electron chi connectivity index (χ1n) is 10.6. The van der Waals surface area contributed by atoms with Crippen molar-refractivity contribution in [3.63, 3.8) is 0 Å². The van der Waals surface area contributed by atoms with Gasteiger partial charge in [-0.1, -0.05) is 11.6 Å². The molecule has 1 aromatic rings. The van der Waals surface area contributed by atoms with Crippen LogP contribution in [0.4, 0.5) is 5.69 Å². The Bertz CT molecular complexity index is 749. The molecule has 1 aliphatic heterocycles. The lowest BCUT2D eigenvalue weighted by Gasteiger charge is -2.36. The summed E-state index contributed by atoms with van der Waals surface area (Å²) in [5.41, 5.74) is 1.12. The Hall–Kier alpha value is -1.75. The summed E-state index contributed by atoms with van der Waals surface area (Å²) in [6, 6.07) is 7.78. The van der Waals surface area contributed by atoms with Gasteiger partial charge in [-0.05, 0) is 44.0 Å². The lowest BCUT2D eigenvalue weighted by Crippen LogP contribution is -2.49. The number of nitrogens with one attached hydrogen (secondary N) is 3. The number of hydrogen-bond donors (Lipinski definition) is 3. The Labute approximate surface area is 206 Å². The van der Waals surface area contributed by atoms with Crippen LogP contribution in [0.3, 0.4) is 0 Å². The van der Waals surface area contributed by atoms with Gasteiger partial charge in [-0.15, -0.1) is 24.0 Å². The third-order valence-corrected chi connectivity index (χ3v) is 5.46. The summed E-state index contributed by atoms with van der Waals surface area (Å²) in [6.07, 6.45) is 2.00. The highest BCUT2D eigenvalue weighted by Crippen LogP contribution is 2.28. The van der Waals surface area contributed by atoms with Crippen LogP contribution in [0.1, 0.15) is 19.8 Å². The second-order valence-corrected chi connectivity index (χ2v) is 7.97. The Morgan fingerprint density at radius 2 is 1.68 bits per heavy atom. The molecule has 31 heavy (non-hydrogen) atoms. The van der Waals surface area contributed by atoms with Gasteiger partial charge in [0.15, 0.2) is 5.96 Å². The van der Waals surface area contributed by atoms with Gasteiger partial charge in [0.1, 0.15) is 6.54 Å². The van der Waals surface area contributed by atoms with E-state index >= 15 is 0 Å². The average Bonchev–Trinajstić information content (AvgIpc) is 3.61. The predicted molar refractivity (Wildman–Crippen MR) is 135 cm³/mol. The van der Waals surface area contributed by atoms with Crippen molar-refractivity contribution in [3.8, 4) is 0 Å². The van der Waals surface area contributed by atoms with E-state index in [2.05, 4.69) is 25.8 Å². The molecule has 0 aromatic heterocycles. The molecule has 1 saturated heterocycles. The van der Waals surface area contributed by atoms with Crippen LogP contribution in [-0.2, 0) is 9.59 Å². The van der Waals surface area contributed by atoms with Crippen molar-refractivity contribution in [1.82, 2.24) is 20.9 Å². The van der Waals surface area contributed by atoms with Gasteiger partial charge in [0.05, 0.1) is 0 Å². The number of amides is 2. The Kier molecular flexibility index (Phi) is 10.7. The van der Waals surface area contributed by atoms with E-state index in [0.29, 0.717) is 38.7 Å². The molecule has 0 atom stereocenters. The molecule has 0 radical (unpaired) electrons. The molecule has 1 aliphatic carbocycles. The maximum Gasteiger partial charge on any atom is 0.244 e. The van der Waals surface area contributed by atoms with Gasteiger partial charge in [-0.2, -0.15) is 0 Å². The Morgan fingerprint density at radius 3 is 2.29 bits per heavy atom. The number of benzene rings is 1. The molecule has 0 spiro atoms. The first-order chi connectivity index (χ1) is 14.6. The minimum atomic E-state index is 0. The van der Waals surface area contributed by atoms with Crippen molar-refractivity contribution in [3.05, 3.63) is 29.3 Å². The lowest BCUT2D eigenvalue weighted by molar-refractivity contribution is -0.129. The maximum atomic E-state index is 12.6. The topological polar surface area (TPSA) is 89.1 Å². The third kappa shape index (κ3) is 8.36. The molecule has 1 saturated carbocycles. The van der Waals surface area contributed by atoms with E-state index in [1.807, 2.05) is 36.1 Å². The quantitative estimate of drug-likeness (QED) is 0.194. The minimum Gasteiger partial charge on any atom is -0.368 e. The van der Waals surface area contributed by atoms with Gasteiger partial charge in [0.2, 0.25) is 11.8 Å². The third-order valence-electron chi connectivity index (χ3n) is 5.21. The number of carbonyl (C=O) groups is 2. The molecule has 3 N–H and O–H groups in total. The second-order valence-electron chi connectivity index (χ2n) is 7.53. The molecule has 2 aliphatic rings. The first kappa shape index (κ1) is 25.5. The largest absolute Gasteiger partial charge is 0.368 e. The smallest absolute Gasteiger partial charge is 0.244 e. The number of rotatable bonds is 8. The Morgan fingerprint density at radius 1 is 1.03 bits per heavy atom. The van der Waals surface area contributed by atoms with Crippen molar-refractivity contribution in [2.45, 2.75) is 19.8 Å². The number of anilines is 1. The molecule has 2 amide bonds. The van der Waals surface area contributed by atoms with Gasteiger partial charge in [0.25, 0.3) is 0 Å². The Balaban J connectivity index is 0.00000341. The summed E-state index contributed by atoms with van der Waals surface area (Å²) in [5, 5.41) is 9.93. The number of carbonyl (C=O) groups excluding carboxylic acids is 2. The number of hydrogen-bond acceptors (Lipinski definition) is 4. The first-order valence-corrected chi connectivity index (χ1v) is 11.0. The van der Waals surface area contributed by atoms with Crippen LogP contribution in [0.2, 0.25) is 5.02 Å². The van der Waals surface area contributed by atoms with Gasteiger partial charge in [-0.25, -0.2) is 4.99 Å². The van der Waals surface area contributed by atoms with Gasteiger partial charge in [-0.3, -0.25) is 9.59 Å². The average molecular weight is 563 g/mol. The number of piperazine rings is 1. The number of aliphatic imine (C=N–C) groups is 1. The van der Waals surface area contributed by atoms with E-state index in [0.717, 1.165) is 36.6 Å². The highest BCUT2D eigenvalue weighted by molar-refractivity contribution is 14.0. The standard InChI is InChI=1S/C21H31ClN6O2.HI/c1-2-23-21(25-10-9-24-20(30)16-3-4-16)26-15-19(29)28-13-11-27(12-14-28)18-7-5-17(22)6-8-18;/h5-8,16H,2-4,9-15H2,1H3,(H,24,30)(H2,23,25,26);1H. The van der Waals surface area contributed by atoms with Crippen LogP contribution in [0, 0.1) is 5.92 Å². The second kappa shape index (κ2) is 12.9. The van der Waals surface area contributed by atoms with E-state index in [1.54, 1.807) is 0 Å². The predicted octanol–water partition coefficient (Wildman–Crippen LogP) is 1.69. The van der Waals surface area contributed by atoms with Crippen molar-refractivity contribution in [2.24, 2.45) is 10.9 Å².